The van der Waals surface area contributed by atoms with Crippen LogP contribution >= 0.6 is 0 Å². The van der Waals surface area contributed by atoms with Gasteiger partial charge in [0.25, 0.3) is 5.91 Å². The van der Waals surface area contributed by atoms with Crippen LogP contribution in [0, 0.1) is 6.92 Å². The maximum atomic E-state index is 11.7. The highest BCUT2D eigenvalue weighted by molar-refractivity contribution is 5.95. The number of carbonyl (C=O) groups is 2. The molecular formula is C13H13N3O4. The lowest BCUT2D eigenvalue weighted by Gasteiger charge is -2.05. The number of carbonyl (C=O) groups excluding carboxylic acids is 2. The Bertz CT molecular complexity index is 636. The van der Waals surface area contributed by atoms with Gasteiger partial charge in [0.15, 0.2) is 12.4 Å². The summed E-state index contributed by atoms with van der Waals surface area (Å²) in [5, 5.41) is 6.02. The number of ether oxygens (including phenoxy) is 1. The molecular weight excluding hydrogens is 262 g/mol. The summed E-state index contributed by atoms with van der Waals surface area (Å²) in [6.07, 6.45) is 0. The molecule has 0 saturated carbocycles. The van der Waals surface area contributed by atoms with Crippen molar-refractivity contribution in [3.05, 3.63) is 41.7 Å². The highest BCUT2D eigenvalue weighted by Crippen LogP contribution is 2.09. The Hall–Kier alpha value is -2.83. The fraction of sp³-hybridized carbons (Fsp3) is 0.154. The molecule has 0 aliphatic carbocycles. The van der Waals surface area contributed by atoms with Crippen molar-refractivity contribution in [1.82, 2.24) is 5.16 Å². The molecule has 0 aliphatic heterocycles. The number of aromatic nitrogens is 1. The van der Waals surface area contributed by atoms with E-state index in [-0.39, 0.29) is 11.4 Å². The molecule has 0 radical (unpaired) electrons. The molecule has 0 spiro atoms. The molecule has 0 fully saturated rings. The number of aryl methyl sites for hydroxylation is 1. The van der Waals surface area contributed by atoms with Crippen molar-refractivity contribution in [3.8, 4) is 0 Å². The van der Waals surface area contributed by atoms with Crippen molar-refractivity contribution in [2.24, 2.45) is 0 Å². The lowest BCUT2D eigenvalue weighted by Crippen LogP contribution is -2.21. The molecule has 1 aromatic heterocycles. The molecule has 20 heavy (non-hydrogen) atoms. The number of nitrogens with one attached hydrogen (secondary N) is 1. The van der Waals surface area contributed by atoms with E-state index in [2.05, 4.69) is 10.5 Å². The summed E-state index contributed by atoms with van der Waals surface area (Å²) < 4.78 is 9.65. The fourth-order valence-corrected chi connectivity index (χ4v) is 1.48. The summed E-state index contributed by atoms with van der Waals surface area (Å²) in [7, 11) is 0. The number of esters is 1. The van der Waals surface area contributed by atoms with Crippen molar-refractivity contribution in [2.75, 3.05) is 17.7 Å². The second-order valence-corrected chi connectivity index (χ2v) is 4.07. The molecule has 3 N–H and O–H groups in total. The normalized spacial score (nSPS) is 10.1. The van der Waals surface area contributed by atoms with E-state index in [1.807, 2.05) is 0 Å². The van der Waals surface area contributed by atoms with E-state index >= 15 is 0 Å². The van der Waals surface area contributed by atoms with E-state index in [1.54, 1.807) is 31.2 Å². The Morgan fingerprint density at radius 3 is 2.85 bits per heavy atom. The lowest BCUT2D eigenvalue weighted by molar-refractivity contribution is -0.119. The zero-order chi connectivity index (χ0) is 14.5. The molecule has 2 rings (SSSR count). The van der Waals surface area contributed by atoms with Gasteiger partial charge in [0.2, 0.25) is 0 Å². The first-order chi connectivity index (χ1) is 9.54. The van der Waals surface area contributed by atoms with Gasteiger partial charge in [-0.15, -0.1) is 0 Å². The SMILES string of the molecule is Cc1cc(NC(=O)COC(=O)c2cccc(N)c2)no1. The first-order valence-corrected chi connectivity index (χ1v) is 5.80. The van der Waals surface area contributed by atoms with Crippen LogP contribution in [0.3, 0.4) is 0 Å². The summed E-state index contributed by atoms with van der Waals surface area (Å²) in [5.74, 6) is -0.288. The Morgan fingerprint density at radius 2 is 2.20 bits per heavy atom. The fourth-order valence-electron chi connectivity index (χ4n) is 1.48. The number of hydrogen-bond acceptors (Lipinski definition) is 6. The van der Waals surface area contributed by atoms with Crippen molar-refractivity contribution in [1.29, 1.82) is 0 Å². The van der Waals surface area contributed by atoms with E-state index in [0.717, 1.165) is 0 Å². The smallest absolute Gasteiger partial charge is 0.338 e. The number of amides is 1. The topological polar surface area (TPSA) is 107 Å². The van der Waals surface area contributed by atoms with E-state index < -0.39 is 18.5 Å². The maximum Gasteiger partial charge on any atom is 0.338 e. The van der Waals surface area contributed by atoms with Crippen LogP contribution in [0.25, 0.3) is 0 Å². The second kappa shape index (κ2) is 5.87. The zero-order valence-electron chi connectivity index (χ0n) is 10.8. The maximum absolute atomic E-state index is 11.7. The summed E-state index contributed by atoms with van der Waals surface area (Å²) in [5.41, 5.74) is 6.28. The molecule has 0 unspecified atom stereocenters. The number of nitrogens with zero attached hydrogens (tertiary/aromatic N) is 1. The predicted octanol–water partition coefficient (Wildman–Crippen LogP) is 1.36. The molecule has 1 amide bonds. The third kappa shape index (κ3) is 3.58. The van der Waals surface area contributed by atoms with E-state index in [9.17, 15) is 9.59 Å². The van der Waals surface area contributed by atoms with Crippen LogP contribution in [-0.2, 0) is 9.53 Å². The lowest BCUT2D eigenvalue weighted by atomic mass is 10.2. The molecule has 1 aromatic carbocycles. The number of anilines is 2. The highest BCUT2D eigenvalue weighted by atomic mass is 16.5. The molecule has 7 heteroatoms. The van der Waals surface area contributed by atoms with Crippen LogP contribution in [0.5, 0.6) is 0 Å². The quantitative estimate of drug-likeness (QED) is 0.644. The third-order valence-electron chi connectivity index (χ3n) is 2.35. The monoisotopic (exact) mass is 275 g/mol. The zero-order valence-corrected chi connectivity index (χ0v) is 10.8. The van der Waals surface area contributed by atoms with Gasteiger partial charge in [-0.25, -0.2) is 4.79 Å². The van der Waals surface area contributed by atoms with Gasteiger partial charge in [0.05, 0.1) is 5.56 Å². The average molecular weight is 275 g/mol. The van der Waals surface area contributed by atoms with E-state index in [0.29, 0.717) is 11.4 Å². The molecule has 2 aromatic rings. The summed E-state index contributed by atoms with van der Waals surface area (Å²) in [4.78, 5) is 23.2. The van der Waals surface area contributed by atoms with Crippen LogP contribution in [0.15, 0.2) is 34.9 Å². The molecule has 104 valence electrons. The Morgan fingerprint density at radius 1 is 1.40 bits per heavy atom. The second-order valence-electron chi connectivity index (χ2n) is 4.07. The van der Waals surface area contributed by atoms with Gasteiger partial charge >= 0.3 is 5.97 Å². The molecule has 0 bridgehead atoms. The largest absolute Gasteiger partial charge is 0.452 e. The minimum atomic E-state index is -0.621. The summed E-state index contributed by atoms with van der Waals surface area (Å²) in [6, 6.07) is 7.86. The summed E-state index contributed by atoms with van der Waals surface area (Å²) >= 11 is 0. The van der Waals surface area contributed by atoms with Crippen LogP contribution in [0.1, 0.15) is 16.1 Å². The molecule has 0 saturated heterocycles. The first kappa shape index (κ1) is 13.6. The van der Waals surface area contributed by atoms with Gasteiger partial charge in [-0.2, -0.15) is 0 Å². The van der Waals surface area contributed by atoms with Gasteiger partial charge in [-0.05, 0) is 25.1 Å². The van der Waals surface area contributed by atoms with Crippen molar-refractivity contribution in [3.63, 3.8) is 0 Å². The Kier molecular flexibility index (Phi) is 3.99. The highest BCUT2D eigenvalue weighted by Gasteiger charge is 2.11. The van der Waals surface area contributed by atoms with Crippen molar-refractivity contribution < 1.29 is 18.8 Å². The number of rotatable bonds is 4. The molecule has 1 heterocycles. The number of nitrogen functional groups attached to an aromatic ring is 1. The van der Waals surface area contributed by atoms with Gasteiger partial charge in [0, 0.05) is 11.8 Å². The molecule has 0 aliphatic rings. The Balaban J connectivity index is 1.85. The van der Waals surface area contributed by atoms with Crippen LogP contribution in [0.4, 0.5) is 11.5 Å². The number of hydrogen-bond donors (Lipinski definition) is 2. The minimum Gasteiger partial charge on any atom is -0.452 e. The third-order valence-corrected chi connectivity index (χ3v) is 2.35. The standard InChI is InChI=1S/C13H13N3O4/c1-8-5-11(16-20-8)15-12(17)7-19-13(18)9-3-2-4-10(14)6-9/h2-6H,7,14H2,1H3,(H,15,16,17). The van der Waals surface area contributed by atoms with Gasteiger partial charge in [0.1, 0.15) is 5.76 Å². The average Bonchev–Trinajstić information content (AvgIpc) is 2.81. The first-order valence-electron chi connectivity index (χ1n) is 5.80. The van der Waals surface area contributed by atoms with E-state index in [1.165, 1.54) is 6.07 Å². The van der Waals surface area contributed by atoms with Crippen molar-refractivity contribution >= 4 is 23.4 Å². The molecule has 7 nitrogen and oxygen atoms in total. The van der Waals surface area contributed by atoms with Crippen LogP contribution in [-0.4, -0.2) is 23.6 Å². The molecule has 0 atom stereocenters. The van der Waals surface area contributed by atoms with Crippen LogP contribution < -0.4 is 11.1 Å². The van der Waals surface area contributed by atoms with Gasteiger partial charge < -0.3 is 20.3 Å². The minimum absolute atomic E-state index is 0.271. The number of nitrogens with two attached hydrogens (primary N) is 1. The van der Waals surface area contributed by atoms with Crippen LogP contribution in [0.2, 0.25) is 0 Å². The Labute approximate surface area is 114 Å². The number of benzene rings is 1. The predicted molar refractivity (Wildman–Crippen MR) is 71.0 cm³/mol. The summed E-state index contributed by atoms with van der Waals surface area (Å²) in [6.45, 7) is 1.28. The van der Waals surface area contributed by atoms with E-state index in [4.69, 9.17) is 15.0 Å². The van der Waals surface area contributed by atoms with Gasteiger partial charge in [-0.3, -0.25) is 4.79 Å². The van der Waals surface area contributed by atoms with Crippen molar-refractivity contribution in [2.45, 2.75) is 6.92 Å². The van der Waals surface area contributed by atoms with Gasteiger partial charge in [-0.1, -0.05) is 11.2 Å².